The van der Waals surface area contributed by atoms with Gasteiger partial charge in [0.25, 0.3) is 0 Å². The Kier molecular flexibility index (Phi) is 2.38. The molecule has 3 aromatic rings. The van der Waals surface area contributed by atoms with Crippen LogP contribution >= 0.6 is 0 Å². The summed E-state index contributed by atoms with van der Waals surface area (Å²) in [6.07, 6.45) is 0. The van der Waals surface area contributed by atoms with Gasteiger partial charge in [-0.05, 0) is 6.07 Å². The topological polar surface area (TPSA) is 50.4 Å². The molecule has 0 radical (unpaired) electrons. The average Bonchev–Trinajstić information content (AvgIpc) is 2.79. The number of rotatable bonds is 2. The number of carboxylic acid groups (broad SMARTS) is 1. The van der Waals surface area contributed by atoms with Crippen molar-refractivity contribution < 1.29 is 14.3 Å². The van der Waals surface area contributed by atoms with Gasteiger partial charge < -0.3 is 9.52 Å². The van der Waals surface area contributed by atoms with E-state index in [0.717, 1.165) is 5.56 Å². The molecular weight excluding hydrogens is 228 g/mol. The number of benzene rings is 2. The van der Waals surface area contributed by atoms with E-state index < -0.39 is 5.97 Å². The molecule has 0 saturated carbocycles. The van der Waals surface area contributed by atoms with Crippen LogP contribution in [-0.4, -0.2) is 11.1 Å². The normalized spacial score (nSPS) is 10.7. The fourth-order valence-corrected chi connectivity index (χ4v) is 2.05. The first-order valence-corrected chi connectivity index (χ1v) is 5.57. The van der Waals surface area contributed by atoms with Gasteiger partial charge >= 0.3 is 5.97 Å². The lowest BCUT2D eigenvalue weighted by Crippen LogP contribution is -1.96. The van der Waals surface area contributed by atoms with Crippen molar-refractivity contribution in [1.29, 1.82) is 0 Å². The van der Waals surface area contributed by atoms with E-state index in [1.807, 2.05) is 36.4 Å². The van der Waals surface area contributed by atoms with Gasteiger partial charge in [0.15, 0.2) is 0 Å². The highest BCUT2D eigenvalue weighted by Crippen LogP contribution is 2.33. The van der Waals surface area contributed by atoms with Gasteiger partial charge in [-0.25, -0.2) is 4.79 Å². The molecular formula is C15H10O3. The second-order valence-electron chi connectivity index (χ2n) is 3.97. The maximum absolute atomic E-state index is 11.4. The third-order valence-electron chi connectivity index (χ3n) is 2.85. The van der Waals surface area contributed by atoms with Crippen molar-refractivity contribution >= 4 is 16.9 Å². The number of para-hydroxylation sites is 1. The number of carbonyl (C=O) groups is 1. The summed E-state index contributed by atoms with van der Waals surface area (Å²) in [4.78, 5) is 11.4. The highest BCUT2D eigenvalue weighted by Gasteiger charge is 2.20. The predicted octanol–water partition coefficient (Wildman–Crippen LogP) is 3.80. The highest BCUT2D eigenvalue weighted by molar-refractivity contribution is 6.07. The summed E-state index contributed by atoms with van der Waals surface area (Å²) in [7, 11) is 0. The molecule has 0 aliphatic carbocycles. The Morgan fingerprint density at radius 1 is 0.944 bits per heavy atom. The third kappa shape index (κ3) is 1.57. The average molecular weight is 238 g/mol. The van der Waals surface area contributed by atoms with Crippen LogP contribution in [0.2, 0.25) is 0 Å². The zero-order valence-electron chi connectivity index (χ0n) is 9.46. The molecule has 0 atom stereocenters. The molecule has 3 nitrogen and oxygen atoms in total. The second-order valence-corrected chi connectivity index (χ2v) is 3.97. The van der Waals surface area contributed by atoms with Gasteiger partial charge in [0.2, 0.25) is 0 Å². The number of furan rings is 1. The van der Waals surface area contributed by atoms with Crippen LogP contribution in [0, 0.1) is 0 Å². The lowest BCUT2D eigenvalue weighted by atomic mass is 10.1. The predicted molar refractivity (Wildman–Crippen MR) is 68.6 cm³/mol. The van der Waals surface area contributed by atoms with Gasteiger partial charge in [-0.15, -0.1) is 0 Å². The molecule has 0 amide bonds. The minimum atomic E-state index is -0.973. The van der Waals surface area contributed by atoms with Crippen molar-refractivity contribution in [2.45, 2.75) is 0 Å². The molecule has 0 spiro atoms. The lowest BCUT2D eigenvalue weighted by molar-refractivity contribution is 0.0699. The molecule has 0 saturated heterocycles. The number of hydrogen-bond acceptors (Lipinski definition) is 2. The molecule has 1 heterocycles. The van der Waals surface area contributed by atoms with Gasteiger partial charge in [0.1, 0.15) is 16.9 Å². The third-order valence-corrected chi connectivity index (χ3v) is 2.85. The van der Waals surface area contributed by atoms with Crippen LogP contribution < -0.4 is 0 Å². The zero-order chi connectivity index (χ0) is 12.5. The minimum absolute atomic E-state index is 0.219. The van der Waals surface area contributed by atoms with Crippen molar-refractivity contribution in [2.24, 2.45) is 0 Å². The van der Waals surface area contributed by atoms with E-state index >= 15 is 0 Å². The first-order valence-electron chi connectivity index (χ1n) is 5.57. The van der Waals surface area contributed by atoms with Crippen LogP contribution in [-0.2, 0) is 0 Å². The van der Waals surface area contributed by atoms with Crippen LogP contribution in [0.1, 0.15) is 10.4 Å². The molecule has 88 valence electrons. The molecule has 3 rings (SSSR count). The monoisotopic (exact) mass is 238 g/mol. The Hall–Kier alpha value is -2.55. The van der Waals surface area contributed by atoms with Crippen LogP contribution in [0.4, 0.5) is 0 Å². The quantitative estimate of drug-likeness (QED) is 0.738. The summed E-state index contributed by atoms with van der Waals surface area (Å²) >= 11 is 0. The molecule has 2 aromatic carbocycles. The summed E-state index contributed by atoms with van der Waals surface area (Å²) in [5, 5.41) is 9.98. The van der Waals surface area contributed by atoms with Crippen LogP contribution in [0.3, 0.4) is 0 Å². The first-order chi connectivity index (χ1) is 8.77. The van der Waals surface area contributed by atoms with Crippen molar-refractivity contribution in [3.05, 3.63) is 60.2 Å². The van der Waals surface area contributed by atoms with Crippen molar-refractivity contribution in [1.82, 2.24) is 0 Å². The van der Waals surface area contributed by atoms with E-state index in [4.69, 9.17) is 4.42 Å². The van der Waals surface area contributed by atoms with E-state index in [-0.39, 0.29) is 5.56 Å². The largest absolute Gasteiger partial charge is 0.478 e. The number of carboxylic acids is 1. The van der Waals surface area contributed by atoms with Crippen LogP contribution in [0.25, 0.3) is 22.3 Å². The number of hydrogen-bond donors (Lipinski definition) is 1. The molecule has 0 fully saturated rings. The van der Waals surface area contributed by atoms with E-state index in [9.17, 15) is 9.90 Å². The maximum atomic E-state index is 11.4. The van der Waals surface area contributed by atoms with Gasteiger partial charge in [-0.2, -0.15) is 0 Å². The fourth-order valence-electron chi connectivity index (χ4n) is 2.05. The van der Waals surface area contributed by atoms with Crippen molar-refractivity contribution in [3.63, 3.8) is 0 Å². The number of aromatic carboxylic acids is 1. The zero-order valence-corrected chi connectivity index (χ0v) is 9.46. The molecule has 1 aromatic heterocycles. The Labute approximate surface area is 103 Å². The van der Waals surface area contributed by atoms with Gasteiger partial charge in [-0.3, -0.25) is 0 Å². The smallest absolute Gasteiger partial charge is 0.340 e. The van der Waals surface area contributed by atoms with Crippen molar-refractivity contribution in [2.75, 3.05) is 0 Å². The fraction of sp³-hybridized carbons (Fsp3) is 0. The Bertz CT molecular complexity index is 711. The molecule has 18 heavy (non-hydrogen) atoms. The Morgan fingerprint density at radius 2 is 1.61 bits per heavy atom. The molecule has 1 N–H and O–H groups in total. The minimum Gasteiger partial charge on any atom is -0.478 e. The summed E-state index contributed by atoms with van der Waals surface area (Å²) < 4.78 is 5.67. The molecule has 0 aliphatic rings. The SMILES string of the molecule is O=C(O)c1c(-c2ccccc2)oc2ccccc12. The van der Waals surface area contributed by atoms with Gasteiger partial charge in [0, 0.05) is 10.9 Å². The van der Waals surface area contributed by atoms with Crippen LogP contribution in [0.15, 0.2) is 59.0 Å². The van der Waals surface area contributed by atoms with E-state index in [2.05, 4.69) is 0 Å². The lowest BCUT2D eigenvalue weighted by Gasteiger charge is -1.98. The standard InChI is InChI=1S/C15H10O3/c16-15(17)13-11-8-4-5-9-12(11)18-14(13)10-6-2-1-3-7-10/h1-9H,(H,16,17). The first kappa shape index (κ1) is 10.6. The van der Waals surface area contributed by atoms with Gasteiger partial charge in [-0.1, -0.05) is 48.5 Å². The maximum Gasteiger partial charge on any atom is 0.340 e. The van der Waals surface area contributed by atoms with Crippen molar-refractivity contribution in [3.8, 4) is 11.3 Å². The van der Waals surface area contributed by atoms with E-state index in [1.165, 1.54) is 0 Å². The molecule has 0 bridgehead atoms. The van der Waals surface area contributed by atoms with E-state index in [0.29, 0.717) is 16.7 Å². The summed E-state index contributed by atoms with van der Waals surface area (Å²) in [6, 6.07) is 16.4. The van der Waals surface area contributed by atoms with Crippen LogP contribution in [0.5, 0.6) is 0 Å². The summed E-state index contributed by atoms with van der Waals surface area (Å²) in [5.41, 5.74) is 1.58. The number of fused-ring (bicyclic) bond motifs is 1. The highest BCUT2D eigenvalue weighted by atomic mass is 16.4. The summed E-state index contributed by atoms with van der Waals surface area (Å²) in [5.74, 6) is -0.567. The van der Waals surface area contributed by atoms with E-state index in [1.54, 1.807) is 18.2 Å². The Balaban J connectivity index is 2.36. The molecule has 0 unspecified atom stereocenters. The second kappa shape index (κ2) is 4.04. The molecule has 3 heteroatoms. The Morgan fingerprint density at radius 3 is 2.33 bits per heavy atom. The summed E-state index contributed by atoms with van der Waals surface area (Å²) in [6.45, 7) is 0. The molecule has 0 aliphatic heterocycles. The van der Waals surface area contributed by atoms with Gasteiger partial charge in [0.05, 0.1) is 0 Å².